The molecule has 6 heteroatoms. The number of nitrogens with two attached hydrogens (primary N) is 1. The van der Waals surface area contributed by atoms with Crippen LogP contribution in [0.4, 0.5) is 16.0 Å². The number of halogens is 1. The van der Waals surface area contributed by atoms with Crippen molar-refractivity contribution < 1.29 is 9.13 Å². The molecule has 0 atom stereocenters. The Balaban J connectivity index is 2.39. The summed E-state index contributed by atoms with van der Waals surface area (Å²) in [5.41, 5.74) is 7.21. The minimum atomic E-state index is -0.278. The van der Waals surface area contributed by atoms with E-state index < -0.39 is 0 Å². The second-order valence-corrected chi connectivity index (χ2v) is 4.62. The van der Waals surface area contributed by atoms with Crippen LogP contribution in [0.3, 0.4) is 0 Å². The van der Waals surface area contributed by atoms with Crippen LogP contribution in [-0.4, -0.2) is 30.2 Å². The zero-order chi connectivity index (χ0) is 15.2. The molecule has 0 saturated carbocycles. The lowest BCUT2D eigenvalue weighted by atomic mass is 10.2. The van der Waals surface area contributed by atoms with E-state index in [1.165, 1.54) is 12.1 Å². The highest BCUT2D eigenvalue weighted by atomic mass is 19.1. The molecule has 112 valence electrons. The van der Waals surface area contributed by atoms with Gasteiger partial charge in [-0.25, -0.2) is 9.37 Å². The molecule has 0 unspecified atom stereocenters. The third-order valence-corrected chi connectivity index (χ3v) is 2.99. The number of ether oxygens (including phenoxy) is 1. The Kier molecular flexibility index (Phi) is 5.05. The summed E-state index contributed by atoms with van der Waals surface area (Å²) in [6.07, 6.45) is 0.775. The lowest BCUT2D eigenvalue weighted by Crippen LogP contribution is -2.23. The van der Waals surface area contributed by atoms with Crippen LogP contribution in [0, 0.1) is 12.7 Å². The van der Waals surface area contributed by atoms with Crippen LogP contribution in [0.5, 0.6) is 5.88 Å². The van der Waals surface area contributed by atoms with Gasteiger partial charge in [0, 0.05) is 24.0 Å². The van der Waals surface area contributed by atoms with Crippen molar-refractivity contribution in [1.82, 2.24) is 9.97 Å². The van der Waals surface area contributed by atoms with Crippen LogP contribution in [0.15, 0.2) is 30.3 Å². The fraction of sp³-hybridized carbons (Fsp3) is 0.333. The molecule has 21 heavy (non-hydrogen) atoms. The van der Waals surface area contributed by atoms with E-state index >= 15 is 0 Å². The number of nitrogens with zero attached hydrogens (tertiary/aromatic N) is 3. The highest BCUT2D eigenvalue weighted by Crippen LogP contribution is 2.24. The van der Waals surface area contributed by atoms with E-state index in [4.69, 9.17) is 10.5 Å². The topological polar surface area (TPSA) is 64.3 Å². The van der Waals surface area contributed by atoms with Crippen molar-refractivity contribution in [3.05, 3.63) is 41.8 Å². The van der Waals surface area contributed by atoms with E-state index in [-0.39, 0.29) is 5.82 Å². The molecule has 1 aromatic carbocycles. The molecule has 2 rings (SSSR count). The average Bonchev–Trinajstić information content (AvgIpc) is 2.49. The Bertz CT molecular complexity index is 589. The number of benzene rings is 1. The Morgan fingerprint density at radius 1 is 1.24 bits per heavy atom. The van der Waals surface area contributed by atoms with Crippen molar-refractivity contribution >= 4 is 11.6 Å². The van der Waals surface area contributed by atoms with E-state index in [2.05, 4.69) is 9.97 Å². The van der Waals surface area contributed by atoms with Crippen LogP contribution in [0.25, 0.3) is 0 Å². The van der Waals surface area contributed by atoms with Crippen LogP contribution < -0.4 is 15.4 Å². The van der Waals surface area contributed by atoms with Crippen LogP contribution >= 0.6 is 0 Å². The number of aryl methyl sites for hydroxylation is 1. The minimum Gasteiger partial charge on any atom is -0.481 e. The molecule has 2 N–H and O–H groups in total. The lowest BCUT2D eigenvalue weighted by Gasteiger charge is -2.23. The second-order valence-electron chi connectivity index (χ2n) is 4.62. The molecule has 0 radical (unpaired) electrons. The molecule has 0 amide bonds. The van der Waals surface area contributed by atoms with Gasteiger partial charge in [0.2, 0.25) is 11.8 Å². The van der Waals surface area contributed by atoms with Crippen molar-refractivity contribution in [2.45, 2.75) is 13.3 Å². The maximum atomic E-state index is 13.1. The van der Waals surface area contributed by atoms with Gasteiger partial charge in [-0.3, -0.25) is 0 Å². The number of methoxy groups -OCH3 is 1. The molecule has 0 fully saturated rings. The smallest absolute Gasteiger partial charge is 0.233 e. The summed E-state index contributed by atoms with van der Waals surface area (Å²) in [5.74, 6) is 0.740. The Labute approximate surface area is 123 Å². The Morgan fingerprint density at radius 2 is 1.95 bits per heavy atom. The van der Waals surface area contributed by atoms with Gasteiger partial charge in [0.25, 0.3) is 0 Å². The number of rotatable bonds is 6. The van der Waals surface area contributed by atoms with Gasteiger partial charge in [-0.1, -0.05) is 0 Å². The average molecular weight is 290 g/mol. The summed E-state index contributed by atoms with van der Waals surface area (Å²) in [5, 5.41) is 0. The second kappa shape index (κ2) is 6.99. The molecular formula is C15H19FN4O. The number of hydrogen-bond donors (Lipinski definition) is 1. The van der Waals surface area contributed by atoms with Crippen LogP contribution in [-0.2, 0) is 0 Å². The molecule has 0 aliphatic carbocycles. The van der Waals surface area contributed by atoms with Crippen LogP contribution in [0.1, 0.15) is 12.1 Å². The zero-order valence-electron chi connectivity index (χ0n) is 12.2. The van der Waals surface area contributed by atoms with Gasteiger partial charge >= 0.3 is 0 Å². The maximum Gasteiger partial charge on any atom is 0.233 e. The monoisotopic (exact) mass is 290 g/mol. The number of hydrogen-bond acceptors (Lipinski definition) is 5. The van der Waals surface area contributed by atoms with Gasteiger partial charge in [0.05, 0.1) is 7.11 Å². The maximum absolute atomic E-state index is 13.1. The molecule has 1 aromatic heterocycles. The predicted molar refractivity (Wildman–Crippen MR) is 80.4 cm³/mol. The molecule has 0 spiro atoms. The molecule has 1 heterocycles. The highest BCUT2D eigenvalue weighted by molar-refractivity contribution is 5.57. The van der Waals surface area contributed by atoms with E-state index in [0.717, 1.165) is 17.8 Å². The third kappa shape index (κ3) is 3.88. The van der Waals surface area contributed by atoms with Gasteiger partial charge in [-0.05, 0) is 44.2 Å². The standard InChI is InChI=1S/C15H19FN4O/c1-11-10-14(21-2)19-15(18-11)20(9-3-8-17)13-6-4-12(16)5-7-13/h4-7,10H,3,8-9,17H2,1-2H3. The first kappa shape index (κ1) is 15.2. The summed E-state index contributed by atoms with van der Waals surface area (Å²) in [6, 6.07) is 7.99. The highest BCUT2D eigenvalue weighted by Gasteiger charge is 2.14. The molecule has 0 bridgehead atoms. The van der Waals surface area contributed by atoms with Crippen molar-refractivity contribution in [3.8, 4) is 5.88 Å². The van der Waals surface area contributed by atoms with Crippen molar-refractivity contribution in [2.24, 2.45) is 5.73 Å². The predicted octanol–water partition coefficient (Wildman–Crippen LogP) is 2.42. The quantitative estimate of drug-likeness (QED) is 0.885. The first-order valence-corrected chi connectivity index (χ1v) is 6.77. The lowest BCUT2D eigenvalue weighted by molar-refractivity contribution is 0.396. The summed E-state index contributed by atoms with van der Waals surface area (Å²) in [4.78, 5) is 10.7. The molecule has 2 aromatic rings. The van der Waals surface area contributed by atoms with Gasteiger partial charge in [0.1, 0.15) is 5.82 Å². The Hall–Kier alpha value is -2.21. The largest absolute Gasteiger partial charge is 0.481 e. The van der Waals surface area contributed by atoms with Gasteiger partial charge < -0.3 is 15.4 Å². The Morgan fingerprint density at radius 3 is 2.57 bits per heavy atom. The number of anilines is 2. The minimum absolute atomic E-state index is 0.278. The third-order valence-electron chi connectivity index (χ3n) is 2.99. The molecule has 0 saturated heterocycles. The van der Waals surface area contributed by atoms with E-state index in [1.807, 2.05) is 11.8 Å². The normalized spacial score (nSPS) is 10.5. The molecular weight excluding hydrogens is 271 g/mol. The van der Waals surface area contributed by atoms with Gasteiger partial charge in [0.15, 0.2) is 0 Å². The molecule has 0 aliphatic rings. The van der Waals surface area contributed by atoms with Crippen molar-refractivity contribution in [1.29, 1.82) is 0 Å². The fourth-order valence-corrected chi connectivity index (χ4v) is 1.96. The summed E-state index contributed by atoms with van der Waals surface area (Å²) in [6.45, 7) is 3.08. The molecule has 0 aliphatic heterocycles. The fourth-order valence-electron chi connectivity index (χ4n) is 1.96. The summed E-state index contributed by atoms with van der Waals surface area (Å²) >= 11 is 0. The zero-order valence-corrected chi connectivity index (χ0v) is 12.2. The van der Waals surface area contributed by atoms with E-state index in [9.17, 15) is 4.39 Å². The first-order valence-electron chi connectivity index (χ1n) is 6.77. The van der Waals surface area contributed by atoms with E-state index in [0.29, 0.717) is 24.9 Å². The van der Waals surface area contributed by atoms with E-state index in [1.54, 1.807) is 25.3 Å². The first-order chi connectivity index (χ1) is 10.1. The summed E-state index contributed by atoms with van der Waals surface area (Å²) in [7, 11) is 1.56. The SMILES string of the molecule is COc1cc(C)nc(N(CCCN)c2ccc(F)cc2)n1. The van der Waals surface area contributed by atoms with Crippen LogP contribution in [0.2, 0.25) is 0 Å². The molecule has 5 nitrogen and oxygen atoms in total. The van der Waals surface area contributed by atoms with Crippen molar-refractivity contribution in [3.63, 3.8) is 0 Å². The van der Waals surface area contributed by atoms with Gasteiger partial charge in [-0.2, -0.15) is 4.98 Å². The number of aromatic nitrogens is 2. The van der Waals surface area contributed by atoms with Crippen molar-refractivity contribution in [2.75, 3.05) is 25.1 Å². The summed E-state index contributed by atoms with van der Waals surface area (Å²) < 4.78 is 18.3. The van der Waals surface area contributed by atoms with Gasteiger partial charge in [-0.15, -0.1) is 0 Å².